The first-order valence-electron chi connectivity index (χ1n) is 5.72. The van der Waals surface area contributed by atoms with Crippen LogP contribution in [0.4, 0.5) is 0 Å². The summed E-state index contributed by atoms with van der Waals surface area (Å²) in [5.41, 5.74) is 2.62. The van der Waals surface area contributed by atoms with Gasteiger partial charge < -0.3 is 0 Å². The minimum atomic E-state index is -0.0299. The molecule has 1 aromatic rings. The van der Waals surface area contributed by atoms with Crippen LogP contribution in [0.1, 0.15) is 50.7 Å². The van der Waals surface area contributed by atoms with E-state index < -0.39 is 0 Å². The summed E-state index contributed by atoms with van der Waals surface area (Å²) in [6.45, 7) is 6.47. The molecule has 1 unspecified atom stereocenters. The van der Waals surface area contributed by atoms with Crippen molar-refractivity contribution < 1.29 is 4.79 Å². The second kappa shape index (κ2) is 3.99. The van der Waals surface area contributed by atoms with Gasteiger partial charge in [0.2, 0.25) is 0 Å². The minimum Gasteiger partial charge on any atom is -0.300 e. The summed E-state index contributed by atoms with van der Waals surface area (Å²) in [6, 6.07) is 6.40. The number of hydrogen-bond donors (Lipinski definition) is 0. The highest BCUT2D eigenvalue weighted by Gasteiger charge is 2.32. The van der Waals surface area contributed by atoms with Crippen LogP contribution in [0.25, 0.3) is 0 Å². The Hall–Kier alpha value is -0.630. The van der Waals surface area contributed by atoms with Crippen molar-refractivity contribution in [2.75, 3.05) is 0 Å². The first kappa shape index (κ1) is 11.8. The van der Waals surface area contributed by atoms with E-state index in [1.54, 1.807) is 0 Å². The molecule has 2 heteroatoms. The molecule has 1 aromatic carbocycles. The monoisotopic (exact) mass is 280 g/mol. The van der Waals surface area contributed by atoms with Gasteiger partial charge in [0.1, 0.15) is 5.78 Å². The lowest BCUT2D eigenvalue weighted by Gasteiger charge is -2.25. The maximum atomic E-state index is 11.9. The molecule has 0 saturated heterocycles. The van der Waals surface area contributed by atoms with Gasteiger partial charge in [-0.3, -0.25) is 4.79 Å². The van der Waals surface area contributed by atoms with E-state index in [1.807, 2.05) is 0 Å². The molecule has 1 nitrogen and oxygen atoms in total. The van der Waals surface area contributed by atoms with Crippen molar-refractivity contribution in [2.45, 2.75) is 44.9 Å². The normalized spacial score (nSPS) is 23.8. The van der Waals surface area contributed by atoms with Gasteiger partial charge in [0.05, 0.1) is 0 Å². The number of carbonyl (C=O) groups excluding carboxylic acids is 1. The van der Waals surface area contributed by atoms with Gasteiger partial charge in [0, 0.05) is 17.3 Å². The summed E-state index contributed by atoms with van der Waals surface area (Å²) in [7, 11) is 0. The molecule has 0 heterocycles. The van der Waals surface area contributed by atoms with E-state index >= 15 is 0 Å². The van der Waals surface area contributed by atoms with Crippen LogP contribution >= 0.6 is 15.9 Å². The molecule has 1 aliphatic rings. The number of benzene rings is 1. The van der Waals surface area contributed by atoms with Crippen molar-refractivity contribution in [1.82, 2.24) is 0 Å². The van der Waals surface area contributed by atoms with Gasteiger partial charge in [-0.15, -0.1) is 0 Å². The fraction of sp³-hybridized carbons (Fsp3) is 0.500. The van der Waals surface area contributed by atoms with Crippen LogP contribution in [0.2, 0.25) is 0 Å². The Morgan fingerprint density at radius 3 is 2.75 bits per heavy atom. The topological polar surface area (TPSA) is 17.1 Å². The largest absolute Gasteiger partial charge is 0.300 e. The van der Waals surface area contributed by atoms with Crippen molar-refractivity contribution in [3.63, 3.8) is 0 Å². The summed E-state index contributed by atoms with van der Waals surface area (Å²) in [5.74, 6) is 0.714. The molecule has 0 fully saturated rings. The summed E-state index contributed by atoms with van der Waals surface area (Å²) in [5, 5.41) is 0. The second-order valence-corrected chi connectivity index (χ2v) is 6.35. The lowest BCUT2D eigenvalue weighted by molar-refractivity contribution is -0.120. The highest BCUT2D eigenvalue weighted by molar-refractivity contribution is 9.10. The van der Waals surface area contributed by atoms with E-state index in [-0.39, 0.29) is 5.41 Å². The maximum Gasteiger partial charge on any atom is 0.134 e. The third-order valence-corrected chi connectivity index (χ3v) is 3.94. The van der Waals surface area contributed by atoms with Crippen LogP contribution in [0.5, 0.6) is 0 Å². The highest BCUT2D eigenvalue weighted by atomic mass is 79.9. The number of rotatable bonds is 0. The Morgan fingerprint density at radius 2 is 2.06 bits per heavy atom. The number of ketones is 1. The molecule has 0 radical (unpaired) electrons. The van der Waals surface area contributed by atoms with Crippen LogP contribution in [0, 0.1) is 0 Å². The molecule has 0 spiro atoms. The zero-order valence-electron chi connectivity index (χ0n) is 10.0. The zero-order valence-corrected chi connectivity index (χ0v) is 11.6. The molecule has 2 rings (SSSR count). The van der Waals surface area contributed by atoms with Crippen LogP contribution in [-0.4, -0.2) is 5.78 Å². The van der Waals surface area contributed by atoms with E-state index in [1.165, 1.54) is 11.1 Å². The molecule has 1 atom stereocenters. The van der Waals surface area contributed by atoms with Gasteiger partial charge in [-0.25, -0.2) is 0 Å². The molecule has 86 valence electrons. The first-order valence-corrected chi connectivity index (χ1v) is 6.51. The van der Waals surface area contributed by atoms with E-state index in [0.717, 1.165) is 4.47 Å². The number of fused-ring (bicyclic) bond motifs is 1. The van der Waals surface area contributed by atoms with Gasteiger partial charge >= 0.3 is 0 Å². The summed E-state index contributed by atoms with van der Waals surface area (Å²) < 4.78 is 1.10. The lowest BCUT2D eigenvalue weighted by atomic mass is 9.79. The van der Waals surface area contributed by atoms with Crippen LogP contribution in [-0.2, 0) is 10.2 Å². The van der Waals surface area contributed by atoms with Gasteiger partial charge in [-0.05, 0) is 34.6 Å². The molecule has 0 aliphatic heterocycles. The Bertz CT molecular complexity index is 434. The lowest BCUT2D eigenvalue weighted by Crippen LogP contribution is -2.20. The smallest absolute Gasteiger partial charge is 0.134 e. The minimum absolute atomic E-state index is 0.0299. The molecule has 0 N–H and O–H groups in total. The Labute approximate surface area is 105 Å². The third kappa shape index (κ3) is 2.08. The zero-order chi connectivity index (χ0) is 11.9. The highest BCUT2D eigenvalue weighted by Crippen LogP contribution is 2.40. The molecular formula is C14H17BrO. The van der Waals surface area contributed by atoms with Crippen LogP contribution in [0.3, 0.4) is 0 Å². The van der Waals surface area contributed by atoms with E-state index in [2.05, 4.69) is 54.9 Å². The van der Waals surface area contributed by atoms with Crippen LogP contribution < -0.4 is 0 Å². The summed E-state index contributed by atoms with van der Waals surface area (Å²) in [6.07, 6.45) is 1.33. The van der Waals surface area contributed by atoms with Gasteiger partial charge in [0.15, 0.2) is 0 Å². The van der Waals surface area contributed by atoms with Crippen LogP contribution in [0.15, 0.2) is 22.7 Å². The van der Waals surface area contributed by atoms with E-state index in [9.17, 15) is 4.79 Å². The Kier molecular flexibility index (Phi) is 2.95. The summed E-state index contributed by atoms with van der Waals surface area (Å²) in [4.78, 5) is 11.9. The van der Waals surface area contributed by atoms with Crippen molar-refractivity contribution in [2.24, 2.45) is 0 Å². The van der Waals surface area contributed by atoms with Crippen molar-refractivity contribution in [1.29, 1.82) is 0 Å². The predicted octanol–water partition coefficient (Wildman–Crippen LogP) is 4.19. The first-order chi connectivity index (χ1) is 7.40. The molecule has 1 aliphatic carbocycles. The van der Waals surface area contributed by atoms with Crippen molar-refractivity contribution in [3.8, 4) is 0 Å². The Morgan fingerprint density at radius 1 is 1.38 bits per heavy atom. The number of hydrogen-bond acceptors (Lipinski definition) is 1. The number of carbonyl (C=O) groups is 1. The maximum absolute atomic E-state index is 11.9. The average molecular weight is 281 g/mol. The SMILES string of the molecule is CC1CC(=O)CC(C)(C)c2ccc(Br)cc21. The van der Waals surface area contributed by atoms with Gasteiger partial charge in [-0.1, -0.05) is 42.8 Å². The Balaban J connectivity index is 2.60. The fourth-order valence-corrected chi connectivity index (χ4v) is 3.05. The number of Topliss-reactive ketones (excluding diaryl/α,β-unsaturated/α-hetero) is 1. The average Bonchev–Trinajstić information content (AvgIpc) is 2.22. The molecule has 16 heavy (non-hydrogen) atoms. The molecular weight excluding hydrogens is 264 g/mol. The quantitative estimate of drug-likeness (QED) is 0.651. The van der Waals surface area contributed by atoms with Gasteiger partial charge in [-0.2, -0.15) is 0 Å². The third-order valence-electron chi connectivity index (χ3n) is 3.45. The fourth-order valence-electron chi connectivity index (χ4n) is 2.67. The standard InChI is InChI=1S/C14H17BrO/c1-9-6-11(16)8-14(2,3)13-5-4-10(15)7-12(9)13/h4-5,7,9H,6,8H2,1-3H3. The molecule has 0 saturated carbocycles. The van der Waals surface area contributed by atoms with E-state index in [0.29, 0.717) is 24.5 Å². The number of halogens is 1. The van der Waals surface area contributed by atoms with Gasteiger partial charge in [0.25, 0.3) is 0 Å². The van der Waals surface area contributed by atoms with Crippen molar-refractivity contribution in [3.05, 3.63) is 33.8 Å². The van der Waals surface area contributed by atoms with Crippen molar-refractivity contribution >= 4 is 21.7 Å². The summed E-state index contributed by atoms with van der Waals surface area (Å²) >= 11 is 3.51. The molecule has 0 amide bonds. The van der Waals surface area contributed by atoms with E-state index in [4.69, 9.17) is 0 Å². The molecule has 0 aromatic heterocycles. The second-order valence-electron chi connectivity index (χ2n) is 5.44. The predicted molar refractivity (Wildman–Crippen MR) is 69.8 cm³/mol. The molecule has 0 bridgehead atoms.